The standard InChI is InChI=1S/C12H17N3O2S/c1-2-17-7-5-13-4-6-15-9-14-10-3-8-18-11(10)12(15)16/h3,8-9,13H,2,4-7H2,1H3. The Bertz CT molecular complexity index is 549. The molecule has 2 heterocycles. The molecule has 0 atom stereocenters. The van der Waals surface area contributed by atoms with Gasteiger partial charge in [-0.1, -0.05) is 0 Å². The molecule has 1 N–H and O–H groups in total. The number of rotatable bonds is 7. The average molecular weight is 267 g/mol. The zero-order chi connectivity index (χ0) is 12.8. The fourth-order valence-electron chi connectivity index (χ4n) is 1.65. The van der Waals surface area contributed by atoms with Crippen molar-refractivity contribution < 1.29 is 4.74 Å². The monoisotopic (exact) mass is 267 g/mol. The lowest BCUT2D eigenvalue weighted by Crippen LogP contribution is -2.28. The summed E-state index contributed by atoms with van der Waals surface area (Å²) < 4.78 is 7.59. The van der Waals surface area contributed by atoms with Crippen LogP contribution in [0.15, 0.2) is 22.6 Å². The summed E-state index contributed by atoms with van der Waals surface area (Å²) >= 11 is 1.44. The van der Waals surface area contributed by atoms with Crippen LogP contribution < -0.4 is 10.9 Å². The van der Waals surface area contributed by atoms with E-state index in [-0.39, 0.29) is 5.56 Å². The third-order valence-corrected chi connectivity index (χ3v) is 3.48. The number of thiophene rings is 1. The fraction of sp³-hybridized carbons (Fsp3) is 0.500. The molecular weight excluding hydrogens is 250 g/mol. The Morgan fingerprint density at radius 2 is 2.39 bits per heavy atom. The minimum Gasteiger partial charge on any atom is -0.380 e. The first kappa shape index (κ1) is 13.2. The van der Waals surface area contributed by atoms with Crippen molar-refractivity contribution in [2.75, 3.05) is 26.3 Å². The Morgan fingerprint density at radius 3 is 3.22 bits per heavy atom. The van der Waals surface area contributed by atoms with Crippen molar-refractivity contribution in [2.45, 2.75) is 13.5 Å². The van der Waals surface area contributed by atoms with Gasteiger partial charge in [0.1, 0.15) is 4.70 Å². The second-order valence-electron chi connectivity index (χ2n) is 3.83. The maximum absolute atomic E-state index is 12.0. The van der Waals surface area contributed by atoms with E-state index < -0.39 is 0 Å². The molecule has 0 saturated heterocycles. The second-order valence-corrected chi connectivity index (χ2v) is 4.74. The van der Waals surface area contributed by atoms with Crippen molar-refractivity contribution >= 4 is 21.6 Å². The van der Waals surface area contributed by atoms with Crippen molar-refractivity contribution in [1.29, 1.82) is 0 Å². The van der Waals surface area contributed by atoms with E-state index in [1.165, 1.54) is 11.3 Å². The Balaban J connectivity index is 1.88. The van der Waals surface area contributed by atoms with Gasteiger partial charge in [0.15, 0.2) is 0 Å². The quantitative estimate of drug-likeness (QED) is 0.763. The molecule has 0 aliphatic carbocycles. The number of ether oxygens (including phenoxy) is 1. The van der Waals surface area contributed by atoms with Crippen molar-refractivity contribution in [3.63, 3.8) is 0 Å². The van der Waals surface area contributed by atoms with Crippen molar-refractivity contribution in [3.8, 4) is 0 Å². The van der Waals surface area contributed by atoms with Gasteiger partial charge in [-0.3, -0.25) is 9.36 Å². The van der Waals surface area contributed by atoms with Gasteiger partial charge in [0.2, 0.25) is 0 Å². The SMILES string of the molecule is CCOCCNCCn1cnc2ccsc2c1=O. The molecule has 0 radical (unpaired) electrons. The van der Waals surface area contributed by atoms with Gasteiger partial charge in [-0.2, -0.15) is 0 Å². The summed E-state index contributed by atoms with van der Waals surface area (Å²) in [5.41, 5.74) is 0.826. The Morgan fingerprint density at radius 1 is 1.50 bits per heavy atom. The number of nitrogens with one attached hydrogen (secondary N) is 1. The lowest BCUT2D eigenvalue weighted by atomic mass is 10.4. The lowest BCUT2D eigenvalue weighted by Gasteiger charge is -2.07. The lowest BCUT2D eigenvalue weighted by molar-refractivity contribution is 0.149. The van der Waals surface area contributed by atoms with Gasteiger partial charge in [-0.15, -0.1) is 11.3 Å². The normalized spacial score (nSPS) is 11.2. The molecule has 0 spiro atoms. The van der Waals surface area contributed by atoms with Crippen molar-refractivity contribution in [2.24, 2.45) is 0 Å². The molecule has 0 unspecified atom stereocenters. The van der Waals surface area contributed by atoms with Gasteiger partial charge in [0.25, 0.3) is 5.56 Å². The fourth-order valence-corrected chi connectivity index (χ4v) is 2.44. The van der Waals surface area contributed by atoms with E-state index in [1.807, 2.05) is 18.4 Å². The Hall–Kier alpha value is -1.24. The van der Waals surface area contributed by atoms with Crippen LogP contribution in [0, 0.1) is 0 Å². The highest BCUT2D eigenvalue weighted by molar-refractivity contribution is 7.17. The summed E-state index contributed by atoms with van der Waals surface area (Å²) in [5, 5.41) is 5.12. The van der Waals surface area contributed by atoms with Crippen molar-refractivity contribution in [3.05, 3.63) is 28.1 Å². The van der Waals surface area contributed by atoms with E-state index in [1.54, 1.807) is 10.9 Å². The predicted molar refractivity (Wildman–Crippen MR) is 73.2 cm³/mol. The highest BCUT2D eigenvalue weighted by Crippen LogP contribution is 2.12. The molecule has 2 aromatic rings. The molecule has 98 valence electrons. The first-order valence-corrected chi connectivity index (χ1v) is 6.92. The van der Waals surface area contributed by atoms with Crippen LogP contribution in [0.5, 0.6) is 0 Å². The molecular formula is C12H17N3O2S. The third-order valence-electron chi connectivity index (χ3n) is 2.59. The highest BCUT2D eigenvalue weighted by atomic mass is 32.1. The predicted octanol–water partition coefficient (Wildman–Crippen LogP) is 1.08. The molecule has 0 fully saturated rings. The molecule has 6 heteroatoms. The molecule has 5 nitrogen and oxygen atoms in total. The molecule has 0 bridgehead atoms. The van der Waals surface area contributed by atoms with Gasteiger partial charge in [-0.25, -0.2) is 4.98 Å². The summed E-state index contributed by atoms with van der Waals surface area (Å²) in [6.45, 7) is 5.59. The van der Waals surface area contributed by atoms with E-state index in [9.17, 15) is 4.79 Å². The third kappa shape index (κ3) is 3.16. The van der Waals surface area contributed by atoms with Gasteiger partial charge >= 0.3 is 0 Å². The molecule has 0 saturated carbocycles. The number of fused-ring (bicyclic) bond motifs is 1. The van der Waals surface area contributed by atoms with E-state index in [4.69, 9.17) is 4.74 Å². The van der Waals surface area contributed by atoms with Crippen LogP contribution in [-0.4, -0.2) is 35.9 Å². The minimum absolute atomic E-state index is 0.0432. The van der Waals surface area contributed by atoms with Gasteiger partial charge in [-0.05, 0) is 18.4 Å². The van der Waals surface area contributed by atoms with Gasteiger partial charge in [0.05, 0.1) is 18.5 Å². The average Bonchev–Trinajstić information content (AvgIpc) is 2.85. The van der Waals surface area contributed by atoms with Crippen molar-refractivity contribution in [1.82, 2.24) is 14.9 Å². The van der Waals surface area contributed by atoms with Crippen LogP contribution >= 0.6 is 11.3 Å². The molecule has 18 heavy (non-hydrogen) atoms. The zero-order valence-corrected chi connectivity index (χ0v) is 11.2. The number of nitrogens with zero attached hydrogens (tertiary/aromatic N) is 2. The summed E-state index contributed by atoms with van der Waals surface area (Å²) in [4.78, 5) is 16.3. The largest absolute Gasteiger partial charge is 0.380 e. The summed E-state index contributed by atoms with van der Waals surface area (Å²) in [7, 11) is 0. The first-order chi connectivity index (χ1) is 8.83. The molecule has 0 aliphatic rings. The maximum Gasteiger partial charge on any atom is 0.271 e. The molecule has 2 aromatic heterocycles. The van der Waals surface area contributed by atoms with Crippen LogP contribution in [0.25, 0.3) is 10.2 Å². The molecule has 0 aromatic carbocycles. The van der Waals surface area contributed by atoms with Gasteiger partial charge in [0, 0.05) is 26.2 Å². The minimum atomic E-state index is 0.0432. The van der Waals surface area contributed by atoms with E-state index >= 15 is 0 Å². The summed E-state index contributed by atoms with van der Waals surface area (Å²) in [6.07, 6.45) is 1.61. The Kier molecular flexibility index (Phi) is 4.86. The number of aromatic nitrogens is 2. The second kappa shape index (κ2) is 6.63. The molecule has 0 amide bonds. The van der Waals surface area contributed by atoms with Crippen LogP contribution in [0.4, 0.5) is 0 Å². The maximum atomic E-state index is 12.0. The van der Waals surface area contributed by atoms with Crippen LogP contribution in [0.1, 0.15) is 6.92 Å². The topological polar surface area (TPSA) is 56.1 Å². The molecule has 0 aliphatic heterocycles. The van der Waals surface area contributed by atoms with Crippen LogP contribution in [0.2, 0.25) is 0 Å². The highest BCUT2D eigenvalue weighted by Gasteiger charge is 2.04. The Labute approximate surface area is 109 Å². The summed E-state index contributed by atoms with van der Waals surface area (Å²) in [5.74, 6) is 0. The van der Waals surface area contributed by atoms with Crippen LogP contribution in [-0.2, 0) is 11.3 Å². The van der Waals surface area contributed by atoms with E-state index in [0.29, 0.717) is 13.2 Å². The molecule has 2 rings (SSSR count). The first-order valence-electron chi connectivity index (χ1n) is 6.04. The summed E-state index contributed by atoms with van der Waals surface area (Å²) in [6, 6.07) is 1.87. The van der Waals surface area contributed by atoms with Gasteiger partial charge < -0.3 is 10.1 Å². The van der Waals surface area contributed by atoms with E-state index in [2.05, 4.69) is 10.3 Å². The zero-order valence-electron chi connectivity index (χ0n) is 10.4. The van der Waals surface area contributed by atoms with E-state index in [0.717, 1.165) is 29.9 Å². The van der Waals surface area contributed by atoms with Crippen LogP contribution in [0.3, 0.4) is 0 Å². The smallest absolute Gasteiger partial charge is 0.271 e. The number of hydrogen-bond acceptors (Lipinski definition) is 5. The number of hydrogen-bond donors (Lipinski definition) is 1.